The maximum Gasteiger partial charge on any atom is 0.414 e. The first-order valence-corrected chi connectivity index (χ1v) is 9.72. The van der Waals surface area contributed by atoms with E-state index in [2.05, 4.69) is 11.6 Å². The molecule has 0 aliphatic heterocycles. The molecule has 1 aromatic heterocycles. The summed E-state index contributed by atoms with van der Waals surface area (Å²) in [6.07, 6.45) is 2.73. The quantitative estimate of drug-likeness (QED) is 0.410. The Bertz CT molecular complexity index is 987. The summed E-state index contributed by atoms with van der Waals surface area (Å²) in [5, 5.41) is 2.57. The second kappa shape index (κ2) is 9.66. The minimum atomic E-state index is -0.541. The van der Waals surface area contributed by atoms with E-state index in [-0.39, 0.29) is 13.2 Å². The standard InChI is InChI=1S/C22H20N2O4S/c1-3-10-24(22(26)28-15-16-7-5-4-6-8-16)19-13-17(20-23-9-11-29-20)12-18(14-19)21(25)27-2/h3-9,11-14H,1,10,15H2,2H3. The van der Waals surface area contributed by atoms with Gasteiger partial charge < -0.3 is 9.47 Å². The number of carbonyl (C=O) groups excluding carboxylic acids is 2. The second-order valence-electron chi connectivity index (χ2n) is 6.04. The fraction of sp³-hybridized carbons (Fsp3) is 0.136. The van der Waals surface area contributed by atoms with E-state index in [0.717, 1.165) is 10.6 Å². The van der Waals surface area contributed by atoms with Crippen molar-refractivity contribution >= 4 is 29.1 Å². The molecule has 0 fully saturated rings. The number of hydrogen-bond acceptors (Lipinski definition) is 6. The van der Waals surface area contributed by atoms with E-state index in [1.807, 2.05) is 35.7 Å². The fourth-order valence-corrected chi connectivity index (χ4v) is 3.33. The highest BCUT2D eigenvalue weighted by atomic mass is 32.1. The van der Waals surface area contributed by atoms with E-state index in [1.54, 1.807) is 30.5 Å². The van der Waals surface area contributed by atoms with Crippen LogP contribution in [0.2, 0.25) is 0 Å². The van der Waals surface area contributed by atoms with Crippen molar-refractivity contribution in [3.63, 3.8) is 0 Å². The maximum atomic E-state index is 12.8. The summed E-state index contributed by atoms with van der Waals surface area (Å²) in [4.78, 5) is 30.6. The van der Waals surface area contributed by atoms with Crippen LogP contribution in [0.25, 0.3) is 10.6 Å². The van der Waals surface area contributed by atoms with E-state index in [4.69, 9.17) is 9.47 Å². The number of nitrogens with zero attached hydrogens (tertiary/aromatic N) is 2. The van der Waals surface area contributed by atoms with Crippen LogP contribution >= 0.6 is 11.3 Å². The van der Waals surface area contributed by atoms with Gasteiger partial charge in [-0.2, -0.15) is 0 Å². The molecule has 0 radical (unpaired) electrons. The van der Waals surface area contributed by atoms with E-state index < -0.39 is 12.1 Å². The molecule has 6 nitrogen and oxygen atoms in total. The van der Waals surface area contributed by atoms with Crippen LogP contribution < -0.4 is 4.90 Å². The molecule has 29 heavy (non-hydrogen) atoms. The van der Waals surface area contributed by atoms with E-state index in [9.17, 15) is 9.59 Å². The summed E-state index contributed by atoms with van der Waals surface area (Å²) in [7, 11) is 1.31. The third-order valence-electron chi connectivity index (χ3n) is 4.07. The zero-order valence-electron chi connectivity index (χ0n) is 15.9. The Labute approximate surface area is 173 Å². The largest absolute Gasteiger partial charge is 0.465 e. The topological polar surface area (TPSA) is 68.7 Å². The number of ether oxygens (including phenoxy) is 2. The Morgan fingerprint density at radius 2 is 2.00 bits per heavy atom. The zero-order valence-corrected chi connectivity index (χ0v) is 16.7. The van der Waals surface area contributed by atoms with Crippen LogP contribution in [0.5, 0.6) is 0 Å². The molecule has 7 heteroatoms. The average Bonchev–Trinajstić information content (AvgIpc) is 3.30. The Kier molecular flexibility index (Phi) is 6.76. The Hall–Kier alpha value is -3.45. The molecule has 3 rings (SSSR count). The van der Waals surface area contributed by atoms with Gasteiger partial charge in [-0.25, -0.2) is 14.6 Å². The Balaban J connectivity index is 1.92. The third-order valence-corrected chi connectivity index (χ3v) is 4.89. The summed E-state index contributed by atoms with van der Waals surface area (Å²) in [5.74, 6) is -0.499. The van der Waals surface area contributed by atoms with Gasteiger partial charge in [0.25, 0.3) is 0 Å². The number of benzene rings is 2. The zero-order chi connectivity index (χ0) is 20.6. The lowest BCUT2D eigenvalue weighted by atomic mass is 10.1. The number of thiazole rings is 1. The molecule has 3 aromatic rings. The summed E-state index contributed by atoms with van der Waals surface area (Å²) in [6.45, 7) is 4.08. The van der Waals surface area contributed by atoms with Crippen LogP contribution in [0.1, 0.15) is 15.9 Å². The molecule has 0 atom stereocenters. The van der Waals surface area contributed by atoms with Gasteiger partial charge in [0.15, 0.2) is 0 Å². The van der Waals surface area contributed by atoms with Crippen molar-refractivity contribution in [3.05, 3.63) is 83.9 Å². The molecule has 0 N–H and O–H groups in total. The van der Waals surface area contributed by atoms with Gasteiger partial charge in [0.1, 0.15) is 11.6 Å². The van der Waals surface area contributed by atoms with Crippen LogP contribution in [-0.2, 0) is 16.1 Å². The molecular formula is C22H20N2O4S. The van der Waals surface area contributed by atoms with Crippen LogP contribution in [0, 0.1) is 0 Å². The molecule has 0 saturated carbocycles. The number of aromatic nitrogens is 1. The van der Waals surface area contributed by atoms with Gasteiger partial charge in [-0.1, -0.05) is 36.4 Å². The smallest absolute Gasteiger partial charge is 0.414 e. The highest BCUT2D eigenvalue weighted by molar-refractivity contribution is 7.13. The average molecular weight is 408 g/mol. The Morgan fingerprint density at radius 3 is 2.66 bits per heavy atom. The molecule has 0 aliphatic rings. The van der Waals surface area contributed by atoms with Gasteiger partial charge >= 0.3 is 12.1 Å². The highest BCUT2D eigenvalue weighted by Gasteiger charge is 2.20. The normalized spacial score (nSPS) is 10.2. The molecule has 1 amide bonds. The molecule has 1 heterocycles. The third kappa shape index (κ3) is 5.08. The van der Waals surface area contributed by atoms with Gasteiger partial charge in [-0.05, 0) is 23.8 Å². The molecule has 0 saturated heterocycles. The van der Waals surface area contributed by atoms with Crippen LogP contribution in [0.3, 0.4) is 0 Å². The minimum absolute atomic E-state index is 0.142. The number of rotatable bonds is 7. The number of esters is 1. The molecule has 0 unspecified atom stereocenters. The lowest BCUT2D eigenvalue weighted by Gasteiger charge is -2.22. The van der Waals surface area contributed by atoms with E-state index in [1.165, 1.54) is 23.3 Å². The number of carbonyl (C=O) groups is 2. The highest BCUT2D eigenvalue weighted by Crippen LogP contribution is 2.29. The van der Waals surface area contributed by atoms with Crippen molar-refractivity contribution in [3.8, 4) is 10.6 Å². The Morgan fingerprint density at radius 1 is 1.21 bits per heavy atom. The molecular weight excluding hydrogens is 388 g/mol. The maximum absolute atomic E-state index is 12.8. The summed E-state index contributed by atoms with van der Waals surface area (Å²) >= 11 is 1.44. The van der Waals surface area contributed by atoms with Crippen molar-refractivity contribution < 1.29 is 19.1 Å². The lowest BCUT2D eigenvalue weighted by molar-refractivity contribution is 0.0600. The number of methoxy groups -OCH3 is 1. The fourth-order valence-electron chi connectivity index (χ4n) is 2.70. The van der Waals surface area contributed by atoms with Gasteiger partial charge in [-0.3, -0.25) is 4.90 Å². The summed E-state index contributed by atoms with van der Waals surface area (Å²) in [5.41, 5.74) is 2.41. The van der Waals surface area contributed by atoms with E-state index in [0.29, 0.717) is 16.8 Å². The summed E-state index contributed by atoms with van der Waals surface area (Å²) in [6, 6.07) is 14.5. The molecule has 148 valence electrons. The first-order chi connectivity index (χ1) is 14.1. The number of amides is 1. The SMILES string of the molecule is C=CCN(C(=O)OCc1ccccc1)c1cc(C(=O)OC)cc(-c2nccs2)c1. The monoisotopic (exact) mass is 408 g/mol. The lowest BCUT2D eigenvalue weighted by Crippen LogP contribution is -2.31. The first-order valence-electron chi connectivity index (χ1n) is 8.84. The number of anilines is 1. The molecule has 0 aliphatic carbocycles. The van der Waals surface area contributed by atoms with Crippen LogP contribution in [0.4, 0.5) is 10.5 Å². The minimum Gasteiger partial charge on any atom is -0.465 e. The predicted molar refractivity (Wildman–Crippen MR) is 113 cm³/mol. The van der Waals surface area contributed by atoms with E-state index >= 15 is 0 Å². The van der Waals surface area contributed by atoms with Crippen molar-refractivity contribution in [1.82, 2.24) is 4.98 Å². The first kappa shape index (κ1) is 20.3. The molecule has 2 aromatic carbocycles. The van der Waals surface area contributed by atoms with Crippen LogP contribution in [0.15, 0.2) is 72.8 Å². The van der Waals surface area contributed by atoms with Gasteiger partial charge in [0.2, 0.25) is 0 Å². The molecule has 0 bridgehead atoms. The van der Waals surface area contributed by atoms with Crippen LogP contribution in [-0.4, -0.2) is 30.7 Å². The van der Waals surface area contributed by atoms with Crippen molar-refractivity contribution in [1.29, 1.82) is 0 Å². The molecule has 0 spiro atoms. The van der Waals surface area contributed by atoms with Crippen molar-refractivity contribution in [2.24, 2.45) is 0 Å². The van der Waals surface area contributed by atoms with Crippen molar-refractivity contribution in [2.45, 2.75) is 6.61 Å². The van der Waals surface area contributed by atoms with Gasteiger partial charge in [0, 0.05) is 29.4 Å². The van der Waals surface area contributed by atoms with Crippen molar-refractivity contribution in [2.75, 3.05) is 18.6 Å². The summed E-state index contributed by atoms with van der Waals surface area (Å²) < 4.78 is 10.3. The second-order valence-corrected chi connectivity index (χ2v) is 6.93. The predicted octanol–water partition coefficient (Wildman–Crippen LogP) is 4.93. The van der Waals surface area contributed by atoms with Gasteiger partial charge in [0.05, 0.1) is 12.7 Å². The number of hydrogen-bond donors (Lipinski definition) is 0. The van der Waals surface area contributed by atoms with Gasteiger partial charge in [-0.15, -0.1) is 17.9 Å².